The summed E-state index contributed by atoms with van der Waals surface area (Å²) in [6.45, 7) is 4.95. The minimum atomic E-state index is -0.763. The molecule has 1 aliphatic rings. The van der Waals surface area contributed by atoms with Gasteiger partial charge in [0.25, 0.3) is 5.91 Å². The number of aryl methyl sites for hydroxylation is 1. The van der Waals surface area contributed by atoms with Crippen molar-refractivity contribution in [2.45, 2.75) is 39.4 Å². The fraction of sp³-hybridized carbons (Fsp3) is 0.269. The van der Waals surface area contributed by atoms with Crippen molar-refractivity contribution in [3.63, 3.8) is 0 Å². The number of hydrogen-bond acceptors (Lipinski definition) is 6. The van der Waals surface area contributed by atoms with Crippen LogP contribution in [0.5, 0.6) is 0 Å². The zero-order chi connectivity index (χ0) is 26.0. The van der Waals surface area contributed by atoms with Gasteiger partial charge >= 0.3 is 0 Å². The lowest BCUT2D eigenvalue weighted by molar-refractivity contribution is -0.126. The summed E-state index contributed by atoms with van der Waals surface area (Å²) in [6.07, 6.45) is 1.38. The van der Waals surface area contributed by atoms with E-state index in [0.717, 1.165) is 16.7 Å². The highest BCUT2D eigenvalue weighted by molar-refractivity contribution is 6.33. The van der Waals surface area contributed by atoms with Crippen molar-refractivity contribution < 1.29 is 19.5 Å². The van der Waals surface area contributed by atoms with Gasteiger partial charge in [-0.2, -0.15) is 0 Å². The maximum Gasteiger partial charge on any atom is 0.255 e. The van der Waals surface area contributed by atoms with Crippen molar-refractivity contribution in [2.75, 3.05) is 11.9 Å². The number of benzene rings is 2. The number of anilines is 1. The van der Waals surface area contributed by atoms with Gasteiger partial charge in [0.2, 0.25) is 17.8 Å². The first-order valence-electron chi connectivity index (χ1n) is 11.4. The molecule has 4 rings (SSSR count). The SMILES string of the molecule is CC(=O)Nc1ncc(Cl)c(-c2ccc3c(c2)C(=O)N([C@H](C)C(=O)N[C@H](CO)c2cccc(C)c2)C3)n1. The maximum atomic E-state index is 13.3. The molecule has 9 nitrogen and oxygen atoms in total. The van der Waals surface area contributed by atoms with Crippen LogP contribution in [0.1, 0.15) is 46.9 Å². The Morgan fingerprint density at radius 3 is 2.69 bits per heavy atom. The predicted molar refractivity (Wildman–Crippen MR) is 135 cm³/mol. The molecule has 0 aliphatic carbocycles. The zero-order valence-electron chi connectivity index (χ0n) is 20.1. The molecule has 10 heteroatoms. The Labute approximate surface area is 213 Å². The smallest absolute Gasteiger partial charge is 0.255 e. The zero-order valence-corrected chi connectivity index (χ0v) is 20.8. The standard InChI is InChI=1S/C26H26ClN5O4/c1-14-5-4-6-17(9-14)22(13-33)30-24(35)15(2)32-12-19-8-7-18(10-20(19)25(32)36)23-21(27)11-28-26(31-23)29-16(3)34/h4-11,15,22,33H,12-13H2,1-3H3,(H,30,35)(H,28,29,31,34)/t15-,22-/m1/s1. The Morgan fingerprint density at radius 1 is 1.22 bits per heavy atom. The topological polar surface area (TPSA) is 125 Å². The van der Waals surface area contributed by atoms with Gasteiger partial charge in [-0.05, 0) is 31.0 Å². The van der Waals surface area contributed by atoms with E-state index in [1.54, 1.807) is 25.1 Å². The molecule has 36 heavy (non-hydrogen) atoms. The second-order valence-electron chi connectivity index (χ2n) is 8.71. The maximum absolute atomic E-state index is 13.3. The van der Waals surface area contributed by atoms with E-state index in [1.165, 1.54) is 18.0 Å². The lowest BCUT2D eigenvalue weighted by Gasteiger charge is -2.26. The Hall–Kier alpha value is -3.82. The Balaban J connectivity index is 1.53. The quantitative estimate of drug-likeness (QED) is 0.451. The first kappa shape index (κ1) is 25.3. The predicted octanol–water partition coefficient (Wildman–Crippen LogP) is 3.26. The van der Waals surface area contributed by atoms with Crippen molar-refractivity contribution >= 4 is 35.3 Å². The van der Waals surface area contributed by atoms with E-state index in [4.69, 9.17) is 11.6 Å². The molecule has 3 N–H and O–H groups in total. The molecule has 0 fully saturated rings. The van der Waals surface area contributed by atoms with Crippen molar-refractivity contribution in [3.8, 4) is 11.3 Å². The van der Waals surface area contributed by atoms with Gasteiger partial charge in [-0.1, -0.05) is 53.6 Å². The highest BCUT2D eigenvalue weighted by Gasteiger charge is 2.35. The van der Waals surface area contributed by atoms with E-state index in [2.05, 4.69) is 20.6 Å². The van der Waals surface area contributed by atoms with E-state index in [-0.39, 0.29) is 41.8 Å². The van der Waals surface area contributed by atoms with Crippen LogP contribution in [0.3, 0.4) is 0 Å². The van der Waals surface area contributed by atoms with Gasteiger partial charge in [0.15, 0.2) is 0 Å². The van der Waals surface area contributed by atoms with Gasteiger partial charge in [0, 0.05) is 24.6 Å². The van der Waals surface area contributed by atoms with Crippen molar-refractivity contribution in [1.82, 2.24) is 20.2 Å². The fourth-order valence-electron chi connectivity index (χ4n) is 4.13. The molecular formula is C26H26ClN5O4. The van der Waals surface area contributed by atoms with Crippen LogP contribution in [0.2, 0.25) is 5.02 Å². The van der Waals surface area contributed by atoms with Gasteiger partial charge in [-0.3, -0.25) is 19.7 Å². The second-order valence-corrected chi connectivity index (χ2v) is 9.12. The van der Waals surface area contributed by atoms with Crippen LogP contribution in [-0.4, -0.2) is 50.3 Å². The molecule has 0 bridgehead atoms. The molecule has 2 heterocycles. The molecule has 186 valence electrons. The number of rotatable bonds is 7. The largest absolute Gasteiger partial charge is 0.394 e. The minimum absolute atomic E-state index is 0.104. The van der Waals surface area contributed by atoms with Crippen LogP contribution in [0, 0.1) is 6.92 Å². The second kappa shape index (κ2) is 10.4. The third kappa shape index (κ3) is 5.22. The van der Waals surface area contributed by atoms with Crippen LogP contribution < -0.4 is 10.6 Å². The van der Waals surface area contributed by atoms with E-state index in [1.807, 2.05) is 31.2 Å². The number of aromatic nitrogens is 2. The lowest BCUT2D eigenvalue weighted by atomic mass is 10.0. The number of halogens is 1. The van der Waals surface area contributed by atoms with Crippen LogP contribution in [0.15, 0.2) is 48.7 Å². The van der Waals surface area contributed by atoms with Crippen molar-refractivity contribution in [3.05, 3.63) is 75.9 Å². The third-order valence-corrected chi connectivity index (χ3v) is 6.31. The highest BCUT2D eigenvalue weighted by Crippen LogP contribution is 2.32. The van der Waals surface area contributed by atoms with E-state index in [0.29, 0.717) is 16.8 Å². The molecule has 0 spiro atoms. The number of nitrogens with zero attached hydrogens (tertiary/aromatic N) is 3. The average molecular weight is 508 g/mol. The summed E-state index contributed by atoms with van der Waals surface area (Å²) >= 11 is 6.29. The molecule has 2 atom stereocenters. The number of carbonyl (C=O) groups excluding carboxylic acids is 3. The van der Waals surface area contributed by atoms with Gasteiger partial charge in [0.1, 0.15) is 6.04 Å². The summed E-state index contributed by atoms with van der Waals surface area (Å²) in [5.41, 5.74) is 3.98. The molecule has 0 radical (unpaired) electrons. The molecule has 3 amide bonds. The lowest BCUT2D eigenvalue weighted by Crippen LogP contribution is -2.46. The van der Waals surface area contributed by atoms with Gasteiger partial charge in [-0.25, -0.2) is 9.97 Å². The number of carbonyl (C=O) groups is 3. The van der Waals surface area contributed by atoms with Crippen LogP contribution >= 0.6 is 11.6 Å². The van der Waals surface area contributed by atoms with E-state index >= 15 is 0 Å². The Bertz CT molecular complexity index is 1350. The summed E-state index contributed by atoms with van der Waals surface area (Å²) in [6, 6.07) is 11.5. The number of fused-ring (bicyclic) bond motifs is 1. The molecule has 0 unspecified atom stereocenters. The summed E-state index contributed by atoms with van der Waals surface area (Å²) in [4.78, 5) is 47.4. The van der Waals surface area contributed by atoms with E-state index in [9.17, 15) is 19.5 Å². The molecule has 2 aromatic carbocycles. The van der Waals surface area contributed by atoms with Crippen molar-refractivity contribution in [1.29, 1.82) is 0 Å². The molecule has 0 saturated heterocycles. The number of amides is 3. The van der Waals surface area contributed by atoms with Crippen molar-refractivity contribution in [2.24, 2.45) is 0 Å². The molecule has 1 aliphatic heterocycles. The Morgan fingerprint density at radius 2 is 2.00 bits per heavy atom. The normalized spacial score (nSPS) is 14.2. The summed E-state index contributed by atoms with van der Waals surface area (Å²) < 4.78 is 0. The van der Waals surface area contributed by atoms with Crippen LogP contribution in [0.25, 0.3) is 11.3 Å². The number of nitrogens with one attached hydrogen (secondary N) is 2. The molecule has 0 saturated carbocycles. The molecule has 1 aromatic heterocycles. The minimum Gasteiger partial charge on any atom is -0.394 e. The molecule has 3 aromatic rings. The fourth-order valence-corrected chi connectivity index (χ4v) is 4.33. The Kier molecular flexibility index (Phi) is 7.32. The van der Waals surface area contributed by atoms with Gasteiger partial charge < -0.3 is 15.3 Å². The van der Waals surface area contributed by atoms with Crippen LogP contribution in [0.4, 0.5) is 5.95 Å². The summed E-state index contributed by atoms with van der Waals surface area (Å²) in [7, 11) is 0. The number of aliphatic hydroxyl groups excluding tert-OH is 1. The number of hydrogen-bond donors (Lipinski definition) is 3. The van der Waals surface area contributed by atoms with Gasteiger partial charge in [-0.15, -0.1) is 0 Å². The third-order valence-electron chi connectivity index (χ3n) is 6.04. The monoisotopic (exact) mass is 507 g/mol. The van der Waals surface area contributed by atoms with Crippen LogP contribution in [-0.2, 0) is 16.1 Å². The number of aliphatic hydroxyl groups is 1. The first-order chi connectivity index (χ1) is 17.2. The summed E-state index contributed by atoms with van der Waals surface area (Å²) in [5, 5.41) is 15.5. The van der Waals surface area contributed by atoms with E-state index < -0.39 is 12.1 Å². The highest BCUT2D eigenvalue weighted by atomic mass is 35.5. The average Bonchev–Trinajstić information content (AvgIpc) is 3.18. The molecular weight excluding hydrogens is 482 g/mol. The first-order valence-corrected chi connectivity index (χ1v) is 11.8. The summed E-state index contributed by atoms with van der Waals surface area (Å²) in [5.74, 6) is -0.873. The van der Waals surface area contributed by atoms with Gasteiger partial charge in [0.05, 0.1) is 29.6 Å².